The van der Waals surface area contributed by atoms with Crippen LogP contribution in [-0.4, -0.2) is 31.3 Å². The first-order valence-electron chi connectivity index (χ1n) is 7.17. The van der Waals surface area contributed by atoms with E-state index in [2.05, 4.69) is 23.9 Å². The molecule has 6 heteroatoms. The predicted octanol–water partition coefficient (Wildman–Crippen LogP) is 3.12. The van der Waals surface area contributed by atoms with Crippen LogP contribution in [0.4, 0.5) is 5.82 Å². The molecule has 118 valence electrons. The van der Waals surface area contributed by atoms with Crippen LogP contribution in [-0.2, 0) is 4.79 Å². The van der Waals surface area contributed by atoms with Crippen molar-refractivity contribution in [1.82, 2.24) is 5.16 Å². The third-order valence-electron chi connectivity index (χ3n) is 3.29. The highest BCUT2D eigenvalue weighted by Crippen LogP contribution is 2.35. The van der Waals surface area contributed by atoms with E-state index in [0.29, 0.717) is 22.8 Å². The highest BCUT2D eigenvalue weighted by atomic mass is 16.5. The lowest BCUT2D eigenvalue weighted by Crippen LogP contribution is -2.21. The lowest BCUT2D eigenvalue weighted by Gasteiger charge is -2.15. The summed E-state index contributed by atoms with van der Waals surface area (Å²) in [5.41, 5.74) is 0.655. The number of ether oxygens (including phenoxy) is 2. The van der Waals surface area contributed by atoms with Crippen LogP contribution < -0.4 is 14.4 Å². The van der Waals surface area contributed by atoms with Crippen LogP contribution in [0.3, 0.4) is 0 Å². The van der Waals surface area contributed by atoms with Crippen LogP contribution in [0, 0.1) is 0 Å². The molecule has 0 aliphatic rings. The molecule has 0 bridgehead atoms. The van der Waals surface area contributed by atoms with Gasteiger partial charge in [0.05, 0.1) is 12.7 Å². The third kappa shape index (κ3) is 3.39. The van der Waals surface area contributed by atoms with Gasteiger partial charge in [-0.05, 0) is 26.0 Å². The monoisotopic (exact) mass is 304 g/mol. The molecule has 1 aromatic carbocycles. The number of hydrogen-bond donors (Lipinski definition) is 0. The Kier molecular flexibility index (Phi) is 5.04. The van der Waals surface area contributed by atoms with Gasteiger partial charge < -0.3 is 18.9 Å². The topological polar surface area (TPSA) is 64.8 Å². The second kappa shape index (κ2) is 6.98. The van der Waals surface area contributed by atoms with Crippen LogP contribution >= 0.6 is 0 Å². The minimum atomic E-state index is -0.405. The van der Waals surface area contributed by atoms with Gasteiger partial charge >= 0.3 is 5.97 Å². The van der Waals surface area contributed by atoms with Gasteiger partial charge in [0, 0.05) is 32.1 Å². The molecule has 0 aliphatic carbocycles. The van der Waals surface area contributed by atoms with Gasteiger partial charge in [-0.1, -0.05) is 5.16 Å². The highest BCUT2D eigenvalue weighted by molar-refractivity contribution is 5.76. The molecule has 0 atom stereocenters. The molecule has 0 amide bonds. The maximum absolute atomic E-state index is 11.3. The van der Waals surface area contributed by atoms with Gasteiger partial charge in [-0.25, -0.2) is 0 Å². The average Bonchev–Trinajstić information content (AvgIpc) is 2.97. The number of anilines is 1. The normalized spacial score (nSPS) is 10.4. The zero-order chi connectivity index (χ0) is 16.1. The number of carbonyl (C=O) groups is 1. The fourth-order valence-electron chi connectivity index (χ4n) is 2.16. The Morgan fingerprint density at radius 2 is 2.00 bits per heavy atom. The molecule has 0 unspecified atom stereocenters. The zero-order valence-corrected chi connectivity index (χ0v) is 13.3. The van der Waals surface area contributed by atoms with E-state index in [0.717, 1.165) is 18.9 Å². The minimum absolute atomic E-state index is 0.383. The van der Waals surface area contributed by atoms with Crippen molar-refractivity contribution in [3.8, 4) is 22.8 Å². The largest absolute Gasteiger partial charge is 0.497 e. The highest BCUT2D eigenvalue weighted by Gasteiger charge is 2.16. The molecule has 2 aromatic rings. The van der Waals surface area contributed by atoms with Crippen molar-refractivity contribution in [3.63, 3.8) is 0 Å². The van der Waals surface area contributed by atoms with Gasteiger partial charge in [0.1, 0.15) is 11.5 Å². The molecule has 6 nitrogen and oxygen atoms in total. The maximum Gasteiger partial charge on any atom is 0.308 e. The van der Waals surface area contributed by atoms with Gasteiger partial charge in [0.15, 0.2) is 11.6 Å². The Morgan fingerprint density at radius 1 is 1.27 bits per heavy atom. The molecule has 0 N–H and O–H groups in total. The Balaban J connectivity index is 2.41. The number of nitrogens with zero attached hydrogens (tertiary/aromatic N) is 2. The molecule has 22 heavy (non-hydrogen) atoms. The number of carbonyl (C=O) groups excluding carboxylic acids is 1. The number of hydrogen-bond acceptors (Lipinski definition) is 6. The quantitative estimate of drug-likeness (QED) is 0.603. The van der Waals surface area contributed by atoms with Gasteiger partial charge in [-0.2, -0.15) is 0 Å². The van der Waals surface area contributed by atoms with Crippen LogP contribution in [0.5, 0.6) is 11.5 Å². The summed E-state index contributed by atoms with van der Waals surface area (Å²) in [6.45, 7) is 7.12. The Hall–Kier alpha value is -2.50. The Labute approximate surface area is 129 Å². The van der Waals surface area contributed by atoms with Gasteiger partial charge in [0.25, 0.3) is 0 Å². The van der Waals surface area contributed by atoms with Crippen LogP contribution in [0.2, 0.25) is 0 Å². The molecule has 2 rings (SSSR count). The Bertz CT molecular complexity index is 647. The van der Waals surface area contributed by atoms with Crippen molar-refractivity contribution in [2.45, 2.75) is 20.8 Å². The number of benzene rings is 1. The third-order valence-corrected chi connectivity index (χ3v) is 3.29. The first kappa shape index (κ1) is 15.9. The summed E-state index contributed by atoms with van der Waals surface area (Å²) in [4.78, 5) is 13.4. The van der Waals surface area contributed by atoms with Crippen molar-refractivity contribution in [3.05, 3.63) is 24.3 Å². The summed E-state index contributed by atoms with van der Waals surface area (Å²) in [6.07, 6.45) is 0. The molecule has 0 saturated carbocycles. The smallest absolute Gasteiger partial charge is 0.308 e. The summed E-state index contributed by atoms with van der Waals surface area (Å²) in [5.74, 6) is 1.88. The van der Waals surface area contributed by atoms with E-state index in [1.54, 1.807) is 25.3 Å². The van der Waals surface area contributed by atoms with E-state index in [4.69, 9.17) is 14.0 Å². The standard InChI is InChI=1S/C16H20N2O4/c1-5-18(6-2)16-10-15(22-17-16)13-8-7-12(20-4)9-14(13)21-11(3)19/h7-10H,5-6H2,1-4H3. The minimum Gasteiger partial charge on any atom is -0.497 e. The SMILES string of the molecule is CCN(CC)c1cc(-c2ccc(OC)cc2OC(C)=O)on1. The summed E-state index contributed by atoms with van der Waals surface area (Å²) in [5, 5.41) is 4.08. The molecule has 1 heterocycles. The van der Waals surface area contributed by atoms with Crippen molar-refractivity contribution >= 4 is 11.8 Å². The summed E-state index contributed by atoms with van der Waals surface area (Å²) in [6, 6.07) is 7.05. The van der Waals surface area contributed by atoms with E-state index in [9.17, 15) is 4.79 Å². The Morgan fingerprint density at radius 3 is 2.59 bits per heavy atom. The maximum atomic E-state index is 11.3. The van der Waals surface area contributed by atoms with Gasteiger partial charge in [-0.3, -0.25) is 4.79 Å². The molecule has 1 aromatic heterocycles. The van der Waals surface area contributed by atoms with Crippen LogP contribution in [0.1, 0.15) is 20.8 Å². The lowest BCUT2D eigenvalue weighted by atomic mass is 10.1. The molecule has 0 aliphatic heterocycles. The first-order valence-corrected chi connectivity index (χ1v) is 7.17. The van der Waals surface area contributed by atoms with Gasteiger partial charge in [0.2, 0.25) is 0 Å². The molecule has 0 saturated heterocycles. The van der Waals surface area contributed by atoms with E-state index in [1.165, 1.54) is 6.92 Å². The number of aromatic nitrogens is 1. The number of esters is 1. The van der Waals surface area contributed by atoms with Crippen LogP contribution in [0.25, 0.3) is 11.3 Å². The molecule has 0 radical (unpaired) electrons. The summed E-state index contributed by atoms with van der Waals surface area (Å²) >= 11 is 0. The fourth-order valence-corrected chi connectivity index (χ4v) is 2.16. The molecule has 0 fully saturated rings. The van der Waals surface area contributed by atoms with E-state index in [-0.39, 0.29) is 0 Å². The number of methoxy groups -OCH3 is 1. The fraction of sp³-hybridized carbons (Fsp3) is 0.375. The molecular weight excluding hydrogens is 284 g/mol. The first-order chi connectivity index (χ1) is 10.6. The number of rotatable bonds is 6. The zero-order valence-electron chi connectivity index (χ0n) is 13.3. The van der Waals surface area contributed by atoms with E-state index in [1.807, 2.05) is 6.07 Å². The molecular formula is C16H20N2O4. The lowest BCUT2D eigenvalue weighted by molar-refractivity contribution is -0.131. The van der Waals surface area contributed by atoms with E-state index >= 15 is 0 Å². The average molecular weight is 304 g/mol. The second-order valence-corrected chi connectivity index (χ2v) is 4.68. The van der Waals surface area contributed by atoms with E-state index < -0.39 is 5.97 Å². The summed E-state index contributed by atoms with van der Waals surface area (Å²) < 4.78 is 15.8. The second-order valence-electron chi connectivity index (χ2n) is 4.68. The van der Waals surface area contributed by atoms with Crippen molar-refractivity contribution in [1.29, 1.82) is 0 Å². The van der Waals surface area contributed by atoms with Crippen LogP contribution in [0.15, 0.2) is 28.8 Å². The van der Waals surface area contributed by atoms with Crippen molar-refractivity contribution in [2.24, 2.45) is 0 Å². The van der Waals surface area contributed by atoms with Crippen molar-refractivity contribution in [2.75, 3.05) is 25.1 Å². The molecule has 0 spiro atoms. The van der Waals surface area contributed by atoms with Gasteiger partial charge in [-0.15, -0.1) is 0 Å². The predicted molar refractivity (Wildman–Crippen MR) is 83.4 cm³/mol. The summed E-state index contributed by atoms with van der Waals surface area (Å²) in [7, 11) is 1.56. The van der Waals surface area contributed by atoms with Crippen molar-refractivity contribution < 1.29 is 18.8 Å².